The summed E-state index contributed by atoms with van der Waals surface area (Å²) in [6.07, 6.45) is 0. The van der Waals surface area contributed by atoms with E-state index in [2.05, 4.69) is 20.8 Å². The van der Waals surface area contributed by atoms with E-state index in [1.165, 1.54) is 32.3 Å². The molecule has 1 fully saturated rings. The van der Waals surface area contributed by atoms with Crippen LogP contribution in [0.25, 0.3) is 5.76 Å². The van der Waals surface area contributed by atoms with Gasteiger partial charge in [-0.25, -0.2) is 4.79 Å². The largest absolute Gasteiger partial charge is 0.507 e. The topological polar surface area (TPSA) is 102 Å². The molecule has 1 N–H and O–H groups in total. The normalized spacial score (nSPS) is 16.8. The van der Waals surface area contributed by atoms with Crippen molar-refractivity contribution >= 4 is 29.1 Å². The number of carbonyl (C=O) groups is 3. The SMILES string of the molecule is COC(=O)c1cccc(N2C(=O)C(=O)/C(=C(\O)c3ccc(OC)cc3OC)C2c2ccc(C(C)(C)C)cc2)c1. The van der Waals surface area contributed by atoms with Crippen molar-refractivity contribution in [2.45, 2.75) is 32.2 Å². The summed E-state index contributed by atoms with van der Waals surface area (Å²) in [6, 6.07) is 17.6. The van der Waals surface area contributed by atoms with Crippen molar-refractivity contribution in [2.75, 3.05) is 26.2 Å². The van der Waals surface area contributed by atoms with Gasteiger partial charge in [0.25, 0.3) is 11.7 Å². The summed E-state index contributed by atoms with van der Waals surface area (Å²) >= 11 is 0. The number of ketones is 1. The number of amides is 1. The minimum atomic E-state index is -0.973. The number of ether oxygens (including phenoxy) is 3. The van der Waals surface area contributed by atoms with Gasteiger partial charge in [0.1, 0.15) is 17.3 Å². The fourth-order valence-corrected chi connectivity index (χ4v) is 4.62. The molecule has 1 atom stereocenters. The van der Waals surface area contributed by atoms with Gasteiger partial charge < -0.3 is 19.3 Å². The fraction of sp³-hybridized carbons (Fsp3) is 0.258. The molecule has 1 amide bonds. The molecule has 8 nitrogen and oxygen atoms in total. The molecule has 0 radical (unpaired) electrons. The van der Waals surface area contributed by atoms with Gasteiger partial charge in [0.05, 0.1) is 44.1 Å². The number of rotatable bonds is 6. The van der Waals surface area contributed by atoms with Crippen molar-refractivity contribution in [3.05, 3.63) is 94.6 Å². The highest BCUT2D eigenvalue weighted by molar-refractivity contribution is 6.51. The summed E-state index contributed by atoms with van der Waals surface area (Å²) in [5.74, 6) is -1.90. The second kappa shape index (κ2) is 10.6. The van der Waals surface area contributed by atoms with Crippen molar-refractivity contribution in [2.24, 2.45) is 0 Å². The minimum absolute atomic E-state index is 0.101. The predicted octanol–water partition coefficient (Wildman–Crippen LogP) is 5.41. The van der Waals surface area contributed by atoms with E-state index < -0.39 is 23.7 Å². The lowest BCUT2D eigenvalue weighted by atomic mass is 9.85. The monoisotopic (exact) mass is 529 g/mol. The molecular formula is C31H31NO7. The van der Waals surface area contributed by atoms with Gasteiger partial charge in [-0.05, 0) is 46.9 Å². The summed E-state index contributed by atoms with van der Waals surface area (Å²) in [6.45, 7) is 6.26. The minimum Gasteiger partial charge on any atom is -0.507 e. The number of anilines is 1. The summed E-state index contributed by atoms with van der Waals surface area (Å²) < 4.78 is 15.5. The van der Waals surface area contributed by atoms with Crippen molar-refractivity contribution < 1.29 is 33.7 Å². The Balaban J connectivity index is 1.96. The van der Waals surface area contributed by atoms with Gasteiger partial charge >= 0.3 is 5.97 Å². The van der Waals surface area contributed by atoms with E-state index >= 15 is 0 Å². The van der Waals surface area contributed by atoms with Crippen LogP contribution in [0.4, 0.5) is 5.69 Å². The summed E-state index contributed by atoms with van der Waals surface area (Å²) in [4.78, 5) is 40.6. The van der Waals surface area contributed by atoms with Crippen molar-refractivity contribution in [1.29, 1.82) is 0 Å². The van der Waals surface area contributed by atoms with Gasteiger partial charge in [0.2, 0.25) is 0 Å². The van der Waals surface area contributed by atoms with E-state index in [0.29, 0.717) is 17.0 Å². The van der Waals surface area contributed by atoms with Crippen LogP contribution < -0.4 is 14.4 Å². The van der Waals surface area contributed by atoms with Crippen LogP contribution in [0.2, 0.25) is 0 Å². The molecule has 0 aromatic heterocycles. The number of esters is 1. The first-order valence-electron chi connectivity index (χ1n) is 12.3. The van der Waals surface area contributed by atoms with Gasteiger partial charge in [-0.2, -0.15) is 0 Å². The number of carbonyl (C=O) groups excluding carboxylic acids is 3. The smallest absolute Gasteiger partial charge is 0.337 e. The number of aliphatic hydroxyl groups excluding tert-OH is 1. The van der Waals surface area contributed by atoms with Crippen LogP contribution in [0, 0.1) is 0 Å². The Labute approximate surface area is 227 Å². The highest BCUT2D eigenvalue weighted by Gasteiger charge is 2.47. The zero-order chi connectivity index (χ0) is 28.5. The van der Waals surface area contributed by atoms with E-state index in [-0.39, 0.29) is 33.6 Å². The number of nitrogens with zero attached hydrogens (tertiary/aromatic N) is 1. The standard InChI is InChI=1S/C31H31NO7/c1-31(2,3)20-12-10-18(11-13-20)26-25(27(33)23-15-14-22(37-4)17-24(23)38-5)28(34)29(35)32(26)21-9-7-8-19(16-21)30(36)39-6/h7-17,26,33H,1-6H3/b27-25-. The van der Waals surface area contributed by atoms with Crippen LogP contribution in [0.5, 0.6) is 11.5 Å². The summed E-state index contributed by atoms with van der Waals surface area (Å²) in [5, 5.41) is 11.5. The van der Waals surface area contributed by atoms with E-state index in [1.807, 2.05) is 24.3 Å². The second-order valence-corrected chi connectivity index (χ2v) is 10.1. The maximum absolute atomic E-state index is 13.5. The van der Waals surface area contributed by atoms with Gasteiger partial charge in [-0.1, -0.05) is 51.1 Å². The van der Waals surface area contributed by atoms with Crippen molar-refractivity contribution in [1.82, 2.24) is 0 Å². The van der Waals surface area contributed by atoms with E-state index in [0.717, 1.165) is 5.56 Å². The third-order valence-corrected chi connectivity index (χ3v) is 6.75. The second-order valence-electron chi connectivity index (χ2n) is 10.1. The zero-order valence-electron chi connectivity index (χ0n) is 22.8. The molecule has 1 heterocycles. The average molecular weight is 530 g/mol. The lowest BCUT2D eigenvalue weighted by Crippen LogP contribution is -2.29. The molecular weight excluding hydrogens is 498 g/mol. The lowest BCUT2D eigenvalue weighted by Gasteiger charge is -2.27. The quantitative estimate of drug-likeness (QED) is 0.197. The molecule has 202 valence electrons. The summed E-state index contributed by atoms with van der Waals surface area (Å²) in [7, 11) is 4.20. The number of Topliss-reactive ketones (excluding diaryl/α,β-unsaturated/α-hetero) is 1. The van der Waals surface area contributed by atoms with Crippen molar-refractivity contribution in [3.8, 4) is 11.5 Å². The van der Waals surface area contributed by atoms with Crippen LogP contribution in [-0.4, -0.2) is 44.1 Å². The Morgan fingerprint density at radius 3 is 2.18 bits per heavy atom. The van der Waals surface area contributed by atoms with Crippen molar-refractivity contribution in [3.63, 3.8) is 0 Å². The Morgan fingerprint density at radius 1 is 0.897 bits per heavy atom. The van der Waals surface area contributed by atoms with Crippen LogP contribution in [0.3, 0.4) is 0 Å². The third-order valence-electron chi connectivity index (χ3n) is 6.75. The maximum Gasteiger partial charge on any atom is 0.337 e. The molecule has 1 saturated heterocycles. The van der Waals surface area contributed by atoms with Gasteiger partial charge in [-0.3, -0.25) is 14.5 Å². The van der Waals surface area contributed by atoms with Crippen LogP contribution in [0.15, 0.2) is 72.3 Å². The first kappa shape index (κ1) is 27.4. The Bertz CT molecular complexity index is 1460. The molecule has 1 unspecified atom stereocenters. The molecule has 1 aliphatic heterocycles. The molecule has 0 bridgehead atoms. The first-order valence-corrected chi connectivity index (χ1v) is 12.3. The molecule has 4 rings (SSSR count). The molecule has 3 aromatic rings. The number of aliphatic hydroxyl groups is 1. The number of hydrogen-bond acceptors (Lipinski definition) is 7. The summed E-state index contributed by atoms with van der Waals surface area (Å²) in [5.41, 5.74) is 2.21. The fourth-order valence-electron chi connectivity index (χ4n) is 4.62. The Morgan fingerprint density at radius 2 is 1.59 bits per heavy atom. The van der Waals surface area contributed by atoms with Gasteiger partial charge in [-0.15, -0.1) is 0 Å². The van der Waals surface area contributed by atoms with Crippen LogP contribution in [-0.2, 0) is 19.7 Å². The highest BCUT2D eigenvalue weighted by atomic mass is 16.5. The number of benzene rings is 3. The number of methoxy groups -OCH3 is 3. The van der Waals surface area contributed by atoms with E-state index in [9.17, 15) is 19.5 Å². The highest BCUT2D eigenvalue weighted by Crippen LogP contribution is 2.44. The molecule has 0 spiro atoms. The van der Waals surface area contributed by atoms with E-state index in [1.54, 1.807) is 36.4 Å². The molecule has 0 aliphatic carbocycles. The Hall–Kier alpha value is -4.59. The van der Waals surface area contributed by atoms with Gasteiger partial charge in [0, 0.05) is 11.8 Å². The Kier molecular flexibility index (Phi) is 7.49. The lowest BCUT2D eigenvalue weighted by molar-refractivity contribution is -0.132. The first-order chi connectivity index (χ1) is 18.5. The van der Waals surface area contributed by atoms with Crippen LogP contribution in [0.1, 0.15) is 53.9 Å². The molecule has 8 heteroatoms. The molecule has 0 saturated carbocycles. The average Bonchev–Trinajstić information content (AvgIpc) is 3.21. The predicted molar refractivity (Wildman–Crippen MR) is 147 cm³/mol. The zero-order valence-corrected chi connectivity index (χ0v) is 22.8. The molecule has 1 aliphatic rings. The number of hydrogen-bond donors (Lipinski definition) is 1. The third kappa shape index (κ3) is 5.10. The maximum atomic E-state index is 13.5. The molecule has 39 heavy (non-hydrogen) atoms. The van der Waals surface area contributed by atoms with E-state index in [4.69, 9.17) is 14.2 Å². The molecule has 3 aromatic carbocycles. The van der Waals surface area contributed by atoms with Gasteiger partial charge in [0.15, 0.2) is 0 Å². The van der Waals surface area contributed by atoms with Crippen LogP contribution >= 0.6 is 0 Å².